The Bertz CT molecular complexity index is 813. The number of nitrogens with two attached hydrogens (primary N) is 1. The zero-order valence-corrected chi connectivity index (χ0v) is 13.3. The lowest BCUT2D eigenvalue weighted by Crippen LogP contribution is -2.01. The summed E-state index contributed by atoms with van der Waals surface area (Å²) in [6.45, 7) is 4.14. The molecule has 0 radical (unpaired) electrons. The van der Waals surface area contributed by atoms with Gasteiger partial charge in [-0.05, 0) is 37.1 Å². The van der Waals surface area contributed by atoms with Crippen molar-refractivity contribution in [3.63, 3.8) is 0 Å². The number of nitrogens with zero attached hydrogens (tertiary/aromatic N) is 2. The lowest BCUT2D eigenvalue weighted by atomic mass is 10.2. The second kappa shape index (κ2) is 5.50. The molecule has 0 aliphatic carbocycles. The molecule has 21 heavy (non-hydrogen) atoms. The van der Waals surface area contributed by atoms with Crippen molar-refractivity contribution in [2.45, 2.75) is 20.3 Å². The van der Waals surface area contributed by atoms with Gasteiger partial charge < -0.3 is 11.1 Å². The van der Waals surface area contributed by atoms with Crippen molar-refractivity contribution in [3.05, 3.63) is 39.7 Å². The van der Waals surface area contributed by atoms with Crippen molar-refractivity contribution in [3.8, 4) is 0 Å². The van der Waals surface area contributed by atoms with E-state index in [0.717, 1.165) is 33.7 Å². The van der Waals surface area contributed by atoms with Gasteiger partial charge in [0.15, 0.2) is 0 Å². The van der Waals surface area contributed by atoms with Crippen molar-refractivity contribution in [2.24, 2.45) is 0 Å². The Morgan fingerprint density at radius 1 is 1.29 bits per heavy atom. The third kappa shape index (κ3) is 2.80. The van der Waals surface area contributed by atoms with Crippen LogP contribution in [0.15, 0.2) is 24.3 Å². The summed E-state index contributed by atoms with van der Waals surface area (Å²) in [5.41, 5.74) is 7.83. The van der Waals surface area contributed by atoms with E-state index in [1.54, 1.807) is 11.3 Å². The standard InChI is InChI=1S/C15H15ClN4S/c1-3-10-7-11-13(19-15(17)20-14(11)21-10)18-12-6-9(16)5-4-8(12)2/h4-7H,3H2,1-2H3,(H3,17,18,19,20). The monoisotopic (exact) mass is 318 g/mol. The van der Waals surface area contributed by atoms with Gasteiger partial charge in [0.05, 0.1) is 5.39 Å². The fourth-order valence-corrected chi connectivity index (χ4v) is 3.26. The topological polar surface area (TPSA) is 63.8 Å². The van der Waals surface area contributed by atoms with Crippen molar-refractivity contribution < 1.29 is 0 Å². The number of nitrogens with one attached hydrogen (secondary N) is 1. The predicted molar refractivity (Wildman–Crippen MR) is 90.7 cm³/mol. The average Bonchev–Trinajstić information content (AvgIpc) is 2.86. The number of thiophene rings is 1. The summed E-state index contributed by atoms with van der Waals surface area (Å²) in [6, 6.07) is 7.83. The molecule has 0 saturated carbocycles. The third-order valence-electron chi connectivity index (χ3n) is 3.26. The van der Waals surface area contributed by atoms with E-state index in [0.29, 0.717) is 5.02 Å². The van der Waals surface area contributed by atoms with Crippen molar-refractivity contribution in [1.82, 2.24) is 9.97 Å². The Balaban J connectivity index is 2.11. The zero-order valence-electron chi connectivity index (χ0n) is 11.8. The number of hydrogen-bond donors (Lipinski definition) is 2. The van der Waals surface area contributed by atoms with Gasteiger partial charge in [0.1, 0.15) is 10.6 Å². The van der Waals surface area contributed by atoms with Gasteiger partial charge in [-0.3, -0.25) is 0 Å². The van der Waals surface area contributed by atoms with Gasteiger partial charge in [-0.1, -0.05) is 24.6 Å². The van der Waals surface area contributed by atoms with Crippen LogP contribution in [-0.4, -0.2) is 9.97 Å². The molecule has 2 heterocycles. The van der Waals surface area contributed by atoms with Crippen molar-refractivity contribution in [1.29, 1.82) is 0 Å². The van der Waals surface area contributed by atoms with Gasteiger partial charge in [0.2, 0.25) is 5.95 Å². The summed E-state index contributed by atoms with van der Waals surface area (Å²) in [5.74, 6) is 0.994. The third-order valence-corrected chi connectivity index (χ3v) is 4.67. The minimum atomic E-state index is 0.272. The number of benzene rings is 1. The highest BCUT2D eigenvalue weighted by molar-refractivity contribution is 7.18. The van der Waals surface area contributed by atoms with Crippen LogP contribution in [0, 0.1) is 6.92 Å². The second-order valence-electron chi connectivity index (χ2n) is 4.80. The Labute approximate surface area is 132 Å². The highest BCUT2D eigenvalue weighted by Crippen LogP contribution is 2.32. The molecule has 3 aromatic rings. The highest BCUT2D eigenvalue weighted by atomic mass is 35.5. The van der Waals surface area contributed by atoms with Crippen LogP contribution in [-0.2, 0) is 6.42 Å². The molecule has 108 valence electrons. The molecule has 3 rings (SSSR count). The van der Waals surface area contributed by atoms with Gasteiger partial charge in [-0.25, -0.2) is 4.98 Å². The molecule has 4 nitrogen and oxygen atoms in total. The van der Waals surface area contributed by atoms with Crippen LogP contribution in [0.4, 0.5) is 17.5 Å². The first-order chi connectivity index (χ1) is 10.1. The molecule has 1 aromatic carbocycles. The summed E-state index contributed by atoms with van der Waals surface area (Å²) < 4.78 is 0. The number of nitrogen functional groups attached to an aromatic ring is 1. The van der Waals surface area contributed by atoms with Crippen molar-refractivity contribution in [2.75, 3.05) is 11.1 Å². The van der Waals surface area contributed by atoms with Crippen LogP contribution >= 0.6 is 22.9 Å². The minimum Gasteiger partial charge on any atom is -0.368 e. The molecule has 0 amide bonds. The molecule has 6 heteroatoms. The Morgan fingerprint density at radius 3 is 2.86 bits per heavy atom. The lowest BCUT2D eigenvalue weighted by Gasteiger charge is -2.10. The molecule has 0 aliphatic heterocycles. The van der Waals surface area contributed by atoms with Gasteiger partial charge in [0.25, 0.3) is 0 Å². The van der Waals surface area contributed by atoms with Gasteiger partial charge in [0, 0.05) is 15.6 Å². The van der Waals surface area contributed by atoms with Crippen LogP contribution in [0.25, 0.3) is 10.2 Å². The first kappa shape index (κ1) is 14.1. The highest BCUT2D eigenvalue weighted by Gasteiger charge is 2.11. The Hall–Kier alpha value is -1.85. The molecule has 0 saturated heterocycles. The molecule has 2 aromatic heterocycles. The molecule has 0 bridgehead atoms. The van der Waals surface area contributed by atoms with E-state index in [4.69, 9.17) is 17.3 Å². The van der Waals surface area contributed by atoms with E-state index in [1.165, 1.54) is 4.88 Å². The SMILES string of the molecule is CCc1cc2c(Nc3cc(Cl)ccc3C)nc(N)nc2s1. The van der Waals surface area contributed by atoms with Crippen LogP contribution in [0.3, 0.4) is 0 Å². The van der Waals surface area contributed by atoms with E-state index < -0.39 is 0 Å². The van der Waals surface area contributed by atoms with E-state index in [9.17, 15) is 0 Å². The fraction of sp³-hybridized carbons (Fsp3) is 0.200. The normalized spacial score (nSPS) is 11.0. The van der Waals surface area contributed by atoms with E-state index in [2.05, 4.69) is 28.3 Å². The smallest absolute Gasteiger partial charge is 0.223 e. The molecule has 3 N–H and O–H groups in total. The average molecular weight is 319 g/mol. The van der Waals surface area contributed by atoms with Crippen LogP contribution in [0.2, 0.25) is 5.02 Å². The molecule has 0 unspecified atom stereocenters. The summed E-state index contributed by atoms with van der Waals surface area (Å²) >= 11 is 7.71. The first-order valence-corrected chi connectivity index (χ1v) is 7.85. The van der Waals surface area contributed by atoms with E-state index in [-0.39, 0.29) is 5.95 Å². The lowest BCUT2D eigenvalue weighted by molar-refractivity contribution is 1.19. The molecule has 0 aliphatic rings. The van der Waals surface area contributed by atoms with Crippen LogP contribution < -0.4 is 11.1 Å². The number of aryl methyl sites for hydroxylation is 2. The minimum absolute atomic E-state index is 0.272. The maximum Gasteiger partial charge on any atom is 0.223 e. The molecule has 0 atom stereocenters. The van der Waals surface area contributed by atoms with Gasteiger partial charge >= 0.3 is 0 Å². The van der Waals surface area contributed by atoms with Gasteiger partial charge in [-0.2, -0.15) is 4.98 Å². The number of anilines is 3. The fourth-order valence-electron chi connectivity index (χ4n) is 2.11. The molecule has 0 spiro atoms. The summed E-state index contributed by atoms with van der Waals surface area (Å²) in [6.07, 6.45) is 0.969. The van der Waals surface area contributed by atoms with E-state index >= 15 is 0 Å². The first-order valence-electron chi connectivity index (χ1n) is 6.66. The molecular formula is C15H15ClN4S. The van der Waals surface area contributed by atoms with Crippen LogP contribution in [0.1, 0.15) is 17.4 Å². The van der Waals surface area contributed by atoms with Crippen molar-refractivity contribution >= 4 is 50.6 Å². The van der Waals surface area contributed by atoms with Crippen LogP contribution in [0.5, 0.6) is 0 Å². The number of fused-ring (bicyclic) bond motifs is 1. The number of hydrogen-bond acceptors (Lipinski definition) is 5. The van der Waals surface area contributed by atoms with E-state index in [1.807, 2.05) is 25.1 Å². The Morgan fingerprint density at radius 2 is 2.10 bits per heavy atom. The summed E-state index contributed by atoms with van der Waals surface area (Å²) in [5, 5.41) is 5.00. The maximum atomic E-state index is 6.06. The largest absolute Gasteiger partial charge is 0.368 e. The number of aromatic nitrogens is 2. The second-order valence-corrected chi connectivity index (χ2v) is 6.35. The number of rotatable bonds is 3. The zero-order chi connectivity index (χ0) is 15.0. The quantitative estimate of drug-likeness (QED) is 0.744. The molecule has 0 fully saturated rings. The van der Waals surface area contributed by atoms with Gasteiger partial charge in [-0.15, -0.1) is 11.3 Å². The summed E-state index contributed by atoms with van der Waals surface area (Å²) in [4.78, 5) is 10.8. The predicted octanol–water partition coefficient (Wildman–Crippen LogP) is 4.54. The molecular weight excluding hydrogens is 304 g/mol. The Kier molecular flexibility index (Phi) is 3.69. The summed E-state index contributed by atoms with van der Waals surface area (Å²) in [7, 11) is 0. The number of halogens is 1. The maximum absolute atomic E-state index is 6.06.